The van der Waals surface area contributed by atoms with Crippen molar-refractivity contribution < 1.29 is 4.79 Å². The molecule has 1 aliphatic carbocycles. The van der Waals surface area contributed by atoms with Crippen molar-refractivity contribution in [2.75, 3.05) is 12.3 Å². The van der Waals surface area contributed by atoms with E-state index in [4.69, 9.17) is 0 Å². The lowest BCUT2D eigenvalue weighted by molar-refractivity contribution is -0.118. The molecule has 0 saturated heterocycles. The minimum Gasteiger partial charge on any atom is -0.355 e. The van der Waals surface area contributed by atoms with Crippen molar-refractivity contribution in [2.24, 2.45) is 5.92 Å². The number of carbonyl (C=O) groups is 1. The molecule has 0 spiro atoms. The summed E-state index contributed by atoms with van der Waals surface area (Å²) >= 11 is 3.14. The van der Waals surface area contributed by atoms with Crippen LogP contribution in [0.2, 0.25) is 0 Å². The molecule has 5 heteroatoms. The number of aromatic nitrogens is 1. The lowest BCUT2D eigenvalue weighted by Gasteiger charge is -2.21. The highest BCUT2D eigenvalue weighted by Gasteiger charge is 2.14. The first-order chi connectivity index (χ1) is 8.74. The van der Waals surface area contributed by atoms with Crippen LogP contribution in [0.5, 0.6) is 0 Å². The van der Waals surface area contributed by atoms with E-state index in [9.17, 15) is 4.79 Å². The molecule has 18 heavy (non-hydrogen) atoms. The highest BCUT2D eigenvalue weighted by Crippen LogP contribution is 2.23. The molecule has 1 fully saturated rings. The number of rotatable bonds is 5. The second-order valence-corrected chi connectivity index (χ2v) is 6.93. The number of nitrogens with one attached hydrogen (secondary N) is 1. The molecule has 0 aliphatic heterocycles. The summed E-state index contributed by atoms with van der Waals surface area (Å²) in [6.45, 7) is 2.83. The second kappa shape index (κ2) is 7.14. The van der Waals surface area contributed by atoms with Crippen molar-refractivity contribution in [2.45, 2.75) is 43.4 Å². The summed E-state index contributed by atoms with van der Waals surface area (Å²) in [7, 11) is 0. The Morgan fingerprint density at radius 3 is 2.94 bits per heavy atom. The fourth-order valence-corrected chi connectivity index (χ4v) is 3.91. The SMILES string of the molecule is Cc1csc(SCC(=O)NCC2CCCCC2)n1. The van der Waals surface area contributed by atoms with E-state index in [-0.39, 0.29) is 5.91 Å². The van der Waals surface area contributed by atoms with E-state index in [0.29, 0.717) is 11.7 Å². The summed E-state index contributed by atoms with van der Waals surface area (Å²) in [5.74, 6) is 1.33. The Kier molecular flexibility index (Phi) is 5.50. The Balaban J connectivity index is 1.62. The van der Waals surface area contributed by atoms with Gasteiger partial charge in [0, 0.05) is 17.6 Å². The molecule has 0 radical (unpaired) electrons. The van der Waals surface area contributed by atoms with Gasteiger partial charge in [0.25, 0.3) is 0 Å². The van der Waals surface area contributed by atoms with Gasteiger partial charge < -0.3 is 5.32 Å². The highest BCUT2D eigenvalue weighted by atomic mass is 32.2. The van der Waals surface area contributed by atoms with Gasteiger partial charge in [-0.05, 0) is 25.7 Å². The number of nitrogens with zero attached hydrogens (tertiary/aromatic N) is 1. The quantitative estimate of drug-likeness (QED) is 0.844. The monoisotopic (exact) mass is 284 g/mol. The van der Waals surface area contributed by atoms with Gasteiger partial charge in [0.05, 0.1) is 5.75 Å². The first-order valence-corrected chi connectivity index (χ1v) is 8.42. The Bertz CT molecular complexity index is 386. The van der Waals surface area contributed by atoms with Gasteiger partial charge in [0.15, 0.2) is 4.34 Å². The molecule has 1 amide bonds. The maximum Gasteiger partial charge on any atom is 0.230 e. The number of hydrogen-bond acceptors (Lipinski definition) is 4. The van der Waals surface area contributed by atoms with Crippen LogP contribution in [0.15, 0.2) is 9.72 Å². The minimum absolute atomic E-state index is 0.137. The van der Waals surface area contributed by atoms with Crippen molar-refractivity contribution >= 4 is 29.0 Å². The van der Waals surface area contributed by atoms with E-state index in [2.05, 4.69) is 10.3 Å². The molecule has 1 aliphatic rings. The fraction of sp³-hybridized carbons (Fsp3) is 0.692. The van der Waals surface area contributed by atoms with Crippen molar-refractivity contribution in [1.29, 1.82) is 0 Å². The summed E-state index contributed by atoms with van der Waals surface area (Å²) in [6, 6.07) is 0. The molecule has 1 heterocycles. The van der Waals surface area contributed by atoms with Gasteiger partial charge in [-0.15, -0.1) is 11.3 Å². The Hall–Kier alpha value is -0.550. The Morgan fingerprint density at radius 2 is 2.28 bits per heavy atom. The van der Waals surface area contributed by atoms with Crippen LogP contribution >= 0.6 is 23.1 Å². The molecule has 0 aromatic carbocycles. The zero-order chi connectivity index (χ0) is 12.8. The molecule has 100 valence electrons. The second-order valence-electron chi connectivity index (χ2n) is 4.85. The predicted molar refractivity (Wildman–Crippen MR) is 77.2 cm³/mol. The molecule has 3 nitrogen and oxygen atoms in total. The molecular weight excluding hydrogens is 264 g/mol. The standard InChI is InChI=1S/C13H20N2OS2/c1-10-8-17-13(15-10)18-9-12(16)14-7-11-5-3-2-4-6-11/h8,11H,2-7,9H2,1H3,(H,14,16). The van der Waals surface area contributed by atoms with E-state index in [1.807, 2.05) is 12.3 Å². The molecule has 1 saturated carbocycles. The lowest BCUT2D eigenvalue weighted by atomic mass is 9.89. The third-order valence-corrected chi connectivity index (χ3v) is 5.38. The van der Waals surface area contributed by atoms with Gasteiger partial charge in [-0.1, -0.05) is 31.0 Å². The number of aryl methyl sites for hydroxylation is 1. The average Bonchev–Trinajstić information content (AvgIpc) is 2.81. The maximum absolute atomic E-state index is 11.7. The minimum atomic E-state index is 0.137. The molecule has 0 bridgehead atoms. The average molecular weight is 284 g/mol. The summed E-state index contributed by atoms with van der Waals surface area (Å²) in [5, 5.41) is 5.06. The predicted octanol–water partition coefficient (Wildman–Crippen LogP) is 3.24. The zero-order valence-electron chi connectivity index (χ0n) is 10.8. The van der Waals surface area contributed by atoms with Crippen LogP contribution in [0, 0.1) is 12.8 Å². The van der Waals surface area contributed by atoms with Crippen molar-refractivity contribution in [3.8, 4) is 0 Å². The van der Waals surface area contributed by atoms with Crippen LogP contribution in [-0.4, -0.2) is 23.2 Å². The van der Waals surface area contributed by atoms with Crippen molar-refractivity contribution in [1.82, 2.24) is 10.3 Å². The van der Waals surface area contributed by atoms with Crippen LogP contribution in [0.25, 0.3) is 0 Å². The number of hydrogen-bond donors (Lipinski definition) is 1. The maximum atomic E-state index is 11.7. The van der Waals surface area contributed by atoms with Gasteiger partial charge in [-0.25, -0.2) is 4.98 Å². The highest BCUT2D eigenvalue weighted by molar-refractivity contribution is 8.01. The van der Waals surface area contributed by atoms with E-state index < -0.39 is 0 Å². The largest absolute Gasteiger partial charge is 0.355 e. The third-order valence-electron chi connectivity index (χ3n) is 3.24. The zero-order valence-corrected chi connectivity index (χ0v) is 12.4. The molecule has 2 rings (SSSR count). The molecule has 0 atom stereocenters. The summed E-state index contributed by atoms with van der Waals surface area (Å²) in [4.78, 5) is 16.0. The summed E-state index contributed by atoms with van der Waals surface area (Å²) in [5.41, 5.74) is 1.03. The fourth-order valence-electron chi connectivity index (χ4n) is 2.23. The van der Waals surface area contributed by atoms with Crippen molar-refractivity contribution in [3.63, 3.8) is 0 Å². The number of amides is 1. The lowest BCUT2D eigenvalue weighted by Crippen LogP contribution is -2.31. The van der Waals surface area contributed by atoms with Gasteiger partial charge in [0.2, 0.25) is 5.91 Å². The molecule has 1 N–H and O–H groups in total. The first-order valence-electron chi connectivity index (χ1n) is 6.55. The van der Waals surface area contributed by atoms with Crippen LogP contribution in [0.3, 0.4) is 0 Å². The van der Waals surface area contributed by atoms with E-state index in [1.54, 1.807) is 11.3 Å². The number of thioether (sulfide) groups is 1. The van der Waals surface area contributed by atoms with Gasteiger partial charge in [-0.2, -0.15) is 0 Å². The third kappa shape index (κ3) is 4.61. The molecule has 0 unspecified atom stereocenters. The van der Waals surface area contributed by atoms with Crippen LogP contribution < -0.4 is 5.32 Å². The number of carbonyl (C=O) groups excluding carboxylic acids is 1. The summed E-state index contributed by atoms with van der Waals surface area (Å²) in [6.07, 6.45) is 6.57. The smallest absolute Gasteiger partial charge is 0.230 e. The molecule has 1 aromatic heterocycles. The van der Waals surface area contributed by atoms with Crippen LogP contribution in [-0.2, 0) is 4.79 Å². The van der Waals surface area contributed by atoms with Gasteiger partial charge in [0.1, 0.15) is 0 Å². The Morgan fingerprint density at radius 1 is 1.50 bits per heavy atom. The van der Waals surface area contributed by atoms with E-state index in [0.717, 1.165) is 16.6 Å². The topological polar surface area (TPSA) is 42.0 Å². The van der Waals surface area contributed by atoms with Crippen LogP contribution in [0.1, 0.15) is 37.8 Å². The van der Waals surface area contributed by atoms with Crippen LogP contribution in [0.4, 0.5) is 0 Å². The van der Waals surface area contributed by atoms with Gasteiger partial charge in [-0.3, -0.25) is 4.79 Å². The number of thiazole rings is 1. The normalized spacial score (nSPS) is 16.7. The van der Waals surface area contributed by atoms with E-state index >= 15 is 0 Å². The van der Waals surface area contributed by atoms with Gasteiger partial charge >= 0.3 is 0 Å². The van der Waals surface area contributed by atoms with Crippen molar-refractivity contribution in [3.05, 3.63) is 11.1 Å². The molecule has 1 aromatic rings. The summed E-state index contributed by atoms with van der Waals surface area (Å²) < 4.78 is 0.986. The molecular formula is C13H20N2OS2. The first kappa shape index (κ1) is 13.9. The Labute approximate surface area is 117 Å². The van der Waals surface area contributed by atoms with E-state index in [1.165, 1.54) is 43.9 Å².